The lowest BCUT2D eigenvalue weighted by molar-refractivity contribution is -0.130. The predicted molar refractivity (Wildman–Crippen MR) is 190 cm³/mol. The van der Waals surface area contributed by atoms with E-state index in [4.69, 9.17) is 0 Å². The third-order valence-corrected chi connectivity index (χ3v) is 13.5. The topological polar surface area (TPSA) is 123 Å². The van der Waals surface area contributed by atoms with Gasteiger partial charge in [-0.25, -0.2) is 19.4 Å². The zero-order valence-electron chi connectivity index (χ0n) is 30.4. The van der Waals surface area contributed by atoms with Crippen LogP contribution in [0.15, 0.2) is 36.4 Å². The van der Waals surface area contributed by atoms with E-state index >= 15 is 0 Å². The summed E-state index contributed by atoms with van der Waals surface area (Å²) >= 11 is 0. The highest BCUT2D eigenvalue weighted by Gasteiger charge is 2.65. The Morgan fingerprint density at radius 1 is 0.604 bits per heavy atom. The molecule has 48 heavy (non-hydrogen) atoms. The summed E-state index contributed by atoms with van der Waals surface area (Å²) in [4.78, 5) is 59.8. The Morgan fingerprint density at radius 3 is 1.27 bits per heavy atom. The summed E-state index contributed by atoms with van der Waals surface area (Å²) in [6.45, 7) is 21.1. The van der Waals surface area contributed by atoms with Gasteiger partial charge in [0.25, 0.3) is 11.8 Å². The Balaban J connectivity index is 1.43. The number of rotatable bonds is 6. The Labute approximate surface area is 285 Å². The number of amides is 6. The van der Waals surface area contributed by atoms with Crippen molar-refractivity contribution in [2.24, 2.45) is 11.8 Å². The largest absolute Gasteiger partial charge is 0.329 e. The van der Waals surface area contributed by atoms with Crippen LogP contribution in [0.4, 0.5) is 21.0 Å². The summed E-state index contributed by atoms with van der Waals surface area (Å²) in [5.74, 6) is -0.903. The van der Waals surface area contributed by atoms with Crippen LogP contribution >= 0.6 is 0 Å². The maximum absolute atomic E-state index is 14.7. The summed E-state index contributed by atoms with van der Waals surface area (Å²) in [6, 6.07) is 9.89. The van der Waals surface area contributed by atoms with Gasteiger partial charge >= 0.3 is 12.1 Å². The molecule has 8 unspecified atom stereocenters. The van der Waals surface area contributed by atoms with Gasteiger partial charge in [0.15, 0.2) is 0 Å². The van der Waals surface area contributed by atoms with Gasteiger partial charge in [-0.3, -0.25) is 9.59 Å². The monoisotopic (exact) mass is 658 g/mol. The average molecular weight is 659 g/mol. The molecular weight excluding hydrogens is 604 g/mol. The number of hydrogen-bond donors (Lipinski definition) is 4. The van der Waals surface area contributed by atoms with Crippen molar-refractivity contribution in [3.05, 3.63) is 36.4 Å². The van der Waals surface area contributed by atoms with Gasteiger partial charge < -0.3 is 21.3 Å². The number of anilines is 2. The maximum atomic E-state index is 14.7. The van der Waals surface area contributed by atoms with Gasteiger partial charge in [0.05, 0.1) is 11.4 Å². The fourth-order valence-corrected chi connectivity index (χ4v) is 9.64. The molecule has 4 fully saturated rings. The number of benzene rings is 2. The Kier molecular flexibility index (Phi) is 7.88. The molecule has 2 aromatic rings. The number of piperidine rings is 2. The molecule has 2 spiro atoms. The molecule has 0 saturated carbocycles. The number of carbonyl (C=O) groups is 4. The number of hydrogen-bond acceptors (Lipinski definition) is 6. The fraction of sp³-hybridized carbons (Fsp3) is 0.632. The zero-order chi connectivity index (χ0) is 35.2. The molecule has 2 aromatic carbocycles. The number of fused-ring (bicyclic) bond motifs is 1. The number of nitrogens with one attached hydrogen (secondary N) is 4. The second-order valence-corrected chi connectivity index (χ2v) is 16.2. The minimum atomic E-state index is -1.09. The number of urea groups is 2. The van der Waals surface area contributed by atoms with Crippen LogP contribution in [0, 0.1) is 11.8 Å². The van der Waals surface area contributed by atoms with Crippen molar-refractivity contribution in [2.75, 3.05) is 9.80 Å². The Hall–Kier alpha value is -3.50. The third kappa shape index (κ3) is 4.57. The highest BCUT2D eigenvalue weighted by Crippen LogP contribution is 2.50. The molecule has 4 heterocycles. The summed E-state index contributed by atoms with van der Waals surface area (Å²) in [6.07, 6.45) is 4.13. The van der Waals surface area contributed by atoms with Gasteiger partial charge in [-0.05, 0) is 78.4 Å². The standard InChI is InChI=1S/C38H54N6O4/c1-11-33(7)21-37(23(5)35(9,13-3)41-33)29(45)43(31(47)39-37)27-19-15-18-26-25(27)17-16-20-28(26)44-30(46)38(40-32(44)48)22-34(8,12-2)42-36(10,14-4)24(38)6/h15-20,23-24,41-42H,11-14,21-22H2,1-10H3,(H,39,47)(H,40,48). The van der Waals surface area contributed by atoms with E-state index in [1.807, 2.05) is 12.1 Å². The van der Waals surface area contributed by atoms with Crippen molar-refractivity contribution in [1.82, 2.24) is 21.3 Å². The second-order valence-electron chi connectivity index (χ2n) is 16.2. The fourth-order valence-electron chi connectivity index (χ4n) is 9.64. The highest BCUT2D eigenvalue weighted by molar-refractivity contribution is 6.29. The number of imide groups is 2. The van der Waals surface area contributed by atoms with E-state index in [2.05, 4.69) is 90.5 Å². The van der Waals surface area contributed by atoms with Gasteiger partial charge in [-0.2, -0.15) is 0 Å². The maximum Gasteiger partial charge on any atom is 0.329 e. The van der Waals surface area contributed by atoms with Crippen LogP contribution in [0.1, 0.15) is 108 Å². The Morgan fingerprint density at radius 2 is 0.958 bits per heavy atom. The lowest BCUT2D eigenvalue weighted by Crippen LogP contribution is -2.74. The molecule has 10 heteroatoms. The summed E-state index contributed by atoms with van der Waals surface area (Å²) < 4.78 is 0. The summed E-state index contributed by atoms with van der Waals surface area (Å²) in [7, 11) is 0. The van der Waals surface area contributed by atoms with Crippen molar-refractivity contribution in [1.29, 1.82) is 0 Å². The third-order valence-electron chi connectivity index (χ3n) is 13.5. The van der Waals surface area contributed by atoms with E-state index < -0.39 is 23.1 Å². The van der Waals surface area contributed by atoms with E-state index in [1.165, 1.54) is 9.80 Å². The number of carbonyl (C=O) groups excluding carboxylic acids is 4. The van der Waals surface area contributed by atoms with E-state index in [0.717, 1.165) is 25.7 Å². The molecule has 6 amide bonds. The molecule has 0 bridgehead atoms. The molecule has 4 aliphatic rings. The molecule has 6 rings (SSSR count). The molecule has 10 nitrogen and oxygen atoms in total. The molecule has 4 aliphatic heterocycles. The molecular formula is C38H54N6O4. The minimum absolute atomic E-state index is 0.182. The van der Waals surface area contributed by atoms with Crippen LogP contribution in [0.3, 0.4) is 0 Å². The molecule has 4 saturated heterocycles. The smallest absolute Gasteiger partial charge is 0.322 e. The van der Waals surface area contributed by atoms with E-state index in [1.54, 1.807) is 24.3 Å². The van der Waals surface area contributed by atoms with Crippen LogP contribution in [0.25, 0.3) is 10.8 Å². The van der Waals surface area contributed by atoms with Gasteiger partial charge in [-0.15, -0.1) is 0 Å². The van der Waals surface area contributed by atoms with Gasteiger partial charge in [0.2, 0.25) is 0 Å². The van der Waals surface area contributed by atoms with Crippen LogP contribution in [0.2, 0.25) is 0 Å². The zero-order valence-corrected chi connectivity index (χ0v) is 30.4. The first-order valence-corrected chi connectivity index (χ1v) is 17.9. The quantitative estimate of drug-likeness (QED) is 0.268. The van der Waals surface area contributed by atoms with Crippen LogP contribution in [-0.4, -0.2) is 57.1 Å². The van der Waals surface area contributed by atoms with Crippen LogP contribution in [0.5, 0.6) is 0 Å². The van der Waals surface area contributed by atoms with Crippen molar-refractivity contribution in [3.63, 3.8) is 0 Å². The lowest BCUT2D eigenvalue weighted by atomic mass is 9.61. The molecule has 0 aliphatic carbocycles. The van der Waals surface area contributed by atoms with E-state index in [9.17, 15) is 19.2 Å². The molecule has 0 radical (unpaired) electrons. The Bertz CT molecular complexity index is 1590. The van der Waals surface area contributed by atoms with Crippen molar-refractivity contribution in [3.8, 4) is 0 Å². The van der Waals surface area contributed by atoms with E-state index in [0.29, 0.717) is 35.0 Å². The highest BCUT2D eigenvalue weighted by atomic mass is 16.2. The SMILES string of the molecule is CCC1(C)CC2(NC(=O)N(c3cccc4c(N5C(=O)NC6(CC(C)(CC)NC(C)(CC)C6C)C5=O)cccc34)C2=O)C(C)C(C)(CC)N1. The first kappa shape index (κ1) is 34.4. The van der Waals surface area contributed by atoms with Crippen LogP contribution < -0.4 is 31.1 Å². The van der Waals surface area contributed by atoms with Gasteiger partial charge in [-0.1, -0.05) is 65.8 Å². The number of nitrogens with zero attached hydrogens (tertiary/aromatic N) is 2. The molecule has 260 valence electrons. The summed E-state index contributed by atoms with van der Waals surface area (Å²) in [5, 5.41) is 15.2. The summed E-state index contributed by atoms with van der Waals surface area (Å²) in [5.41, 5.74) is -2.75. The minimum Gasteiger partial charge on any atom is -0.322 e. The van der Waals surface area contributed by atoms with E-state index in [-0.39, 0.29) is 45.8 Å². The normalized spacial score (nSPS) is 40.0. The van der Waals surface area contributed by atoms with Crippen molar-refractivity contribution in [2.45, 2.75) is 141 Å². The van der Waals surface area contributed by atoms with Gasteiger partial charge in [0, 0.05) is 44.8 Å². The average Bonchev–Trinajstić information content (AvgIpc) is 3.44. The van der Waals surface area contributed by atoms with Crippen LogP contribution in [-0.2, 0) is 9.59 Å². The molecule has 0 aromatic heterocycles. The first-order valence-electron chi connectivity index (χ1n) is 17.9. The van der Waals surface area contributed by atoms with Gasteiger partial charge in [0.1, 0.15) is 11.1 Å². The predicted octanol–water partition coefficient (Wildman–Crippen LogP) is 6.36. The second kappa shape index (κ2) is 11.0. The molecule has 4 N–H and O–H groups in total. The lowest BCUT2D eigenvalue weighted by Gasteiger charge is -2.56. The van der Waals surface area contributed by atoms with Crippen molar-refractivity contribution < 1.29 is 19.2 Å². The van der Waals surface area contributed by atoms with Crippen molar-refractivity contribution >= 4 is 46.0 Å². The first-order chi connectivity index (χ1) is 22.4. The molecule has 8 atom stereocenters.